The fourth-order valence-electron chi connectivity index (χ4n) is 2.54. The average molecular weight is 355 g/mol. The molecule has 0 saturated heterocycles. The van der Waals surface area contributed by atoms with E-state index in [1.54, 1.807) is 0 Å². The number of halogens is 1. The molecule has 5 nitrogen and oxygen atoms in total. The fraction of sp³-hybridized carbons (Fsp3) is 0.300. The predicted molar refractivity (Wildman–Crippen MR) is 97.0 cm³/mol. The minimum atomic E-state index is -0.372. The normalized spacial score (nSPS) is 13.1. The number of hydrogen-bond acceptors (Lipinski definition) is 2. The number of hydrogen-bond donors (Lipinski definition) is 3. The van der Waals surface area contributed by atoms with Gasteiger partial charge in [0.05, 0.1) is 0 Å². The maximum atomic E-state index is 12.9. The maximum absolute atomic E-state index is 12.9. The number of urea groups is 1. The number of benzene rings is 2. The molecule has 26 heavy (non-hydrogen) atoms. The van der Waals surface area contributed by atoms with Gasteiger partial charge in [0.1, 0.15) is 5.82 Å². The van der Waals surface area contributed by atoms with Crippen LogP contribution in [0, 0.1) is 11.7 Å². The lowest BCUT2D eigenvalue weighted by Crippen LogP contribution is -2.36. The van der Waals surface area contributed by atoms with Crippen molar-refractivity contribution in [3.8, 4) is 0 Å². The number of carbonyl (C=O) groups is 2. The van der Waals surface area contributed by atoms with E-state index in [1.165, 1.54) is 37.1 Å². The van der Waals surface area contributed by atoms with Gasteiger partial charge in [0.15, 0.2) is 0 Å². The molecular formula is C20H22FN3O2. The second-order valence-electron chi connectivity index (χ2n) is 6.52. The highest BCUT2D eigenvalue weighted by Gasteiger charge is 2.21. The monoisotopic (exact) mass is 355 g/mol. The van der Waals surface area contributed by atoms with Gasteiger partial charge in [-0.05, 0) is 54.2 Å². The summed E-state index contributed by atoms with van der Waals surface area (Å²) in [4.78, 5) is 23.8. The Kier molecular flexibility index (Phi) is 5.84. The van der Waals surface area contributed by atoms with Gasteiger partial charge in [0.2, 0.25) is 0 Å². The van der Waals surface area contributed by atoms with E-state index >= 15 is 0 Å². The van der Waals surface area contributed by atoms with E-state index in [0.29, 0.717) is 24.6 Å². The fourth-order valence-corrected chi connectivity index (χ4v) is 2.54. The van der Waals surface area contributed by atoms with Crippen LogP contribution in [-0.2, 0) is 13.1 Å². The molecule has 2 aromatic carbocycles. The predicted octanol–water partition coefficient (Wildman–Crippen LogP) is 2.96. The second-order valence-corrected chi connectivity index (χ2v) is 6.52. The quantitative estimate of drug-likeness (QED) is 0.715. The van der Waals surface area contributed by atoms with Crippen LogP contribution in [-0.4, -0.2) is 18.5 Å². The smallest absolute Gasteiger partial charge is 0.315 e. The third-order valence-corrected chi connectivity index (χ3v) is 4.25. The molecule has 0 heterocycles. The first-order chi connectivity index (χ1) is 12.6. The molecule has 136 valence electrons. The van der Waals surface area contributed by atoms with Crippen molar-refractivity contribution in [3.63, 3.8) is 0 Å². The molecule has 0 spiro atoms. The lowest BCUT2D eigenvalue weighted by atomic mass is 10.1. The van der Waals surface area contributed by atoms with Gasteiger partial charge >= 0.3 is 6.03 Å². The van der Waals surface area contributed by atoms with E-state index in [4.69, 9.17) is 0 Å². The van der Waals surface area contributed by atoms with Crippen molar-refractivity contribution < 1.29 is 14.0 Å². The molecule has 3 rings (SSSR count). The molecule has 3 amide bonds. The minimum absolute atomic E-state index is 0.160. The van der Waals surface area contributed by atoms with E-state index in [1.807, 2.05) is 24.3 Å². The van der Waals surface area contributed by atoms with Crippen LogP contribution in [0.25, 0.3) is 0 Å². The van der Waals surface area contributed by atoms with Crippen molar-refractivity contribution in [3.05, 3.63) is 71.0 Å². The first-order valence-electron chi connectivity index (χ1n) is 8.73. The van der Waals surface area contributed by atoms with E-state index < -0.39 is 0 Å². The summed E-state index contributed by atoms with van der Waals surface area (Å²) >= 11 is 0. The molecule has 1 fully saturated rings. The van der Waals surface area contributed by atoms with Gasteiger partial charge in [-0.1, -0.05) is 24.3 Å². The van der Waals surface area contributed by atoms with Crippen molar-refractivity contribution in [1.82, 2.24) is 16.0 Å². The summed E-state index contributed by atoms with van der Waals surface area (Å²) in [6, 6.07) is 12.9. The molecule has 1 aliphatic rings. The molecule has 6 heteroatoms. The molecule has 0 bridgehead atoms. The summed E-state index contributed by atoms with van der Waals surface area (Å²) in [5, 5.41) is 8.50. The van der Waals surface area contributed by atoms with Crippen molar-refractivity contribution >= 4 is 11.9 Å². The highest BCUT2D eigenvalue weighted by atomic mass is 19.1. The molecular weight excluding hydrogens is 333 g/mol. The van der Waals surface area contributed by atoms with Crippen LogP contribution >= 0.6 is 0 Å². The number of amides is 3. The maximum Gasteiger partial charge on any atom is 0.315 e. The third kappa shape index (κ3) is 5.58. The van der Waals surface area contributed by atoms with Gasteiger partial charge in [-0.25, -0.2) is 9.18 Å². The van der Waals surface area contributed by atoms with Crippen LogP contribution in [0.4, 0.5) is 9.18 Å². The molecule has 0 unspecified atom stereocenters. The van der Waals surface area contributed by atoms with Gasteiger partial charge < -0.3 is 16.0 Å². The minimum Gasteiger partial charge on any atom is -0.348 e. The molecule has 3 N–H and O–H groups in total. The van der Waals surface area contributed by atoms with E-state index in [0.717, 1.165) is 17.7 Å². The average Bonchev–Trinajstić information content (AvgIpc) is 3.48. The molecule has 0 radical (unpaired) electrons. The number of rotatable bonds is 7. The molecule has 1 aliphatic carbocycles. The van der Waals surface area contributed by atoms with E-state index in [-0.39, 0.29) is 17.8 Å². The molecule has 0 aliphatic heterocycles. The van der Waals surface area contributed by atoms with E-state index in [2.05, 4.69) is 16.0 Å². The number of nitrogens with one attached hydrogen (secondary N) is 3. The Hall–Kier alpha value is -2.89. The highest BCUT2D eigenvalue weighted by Crippen LogP contribution is 2.27. The Morgan fingerprint density at radius 2 is 1.58 bits per heavy atom. The molecule has 0 atom stereocenters. The summed E-state index contributed by atoms with van der Waals surface area (Å²) < 4.78 is 12.9. The van der Waals surface area contributed by atoms with Gasteiger partial charge in [0.25, 0.3) is 5.91 Å². The second kappa shape index (κ2) is 8.47. The van der Waals surface area contributed by atoms with Crippen molar-refractivity contribution in [1.29, 1.82) is 0 Å². The summed E-state index contributed by atoms with van der Waals surface area (Å²) in [7, 11) is 0. The van der Waals surface area contributed by atoms with Crippen LogP contribution in [0.3, 0.4) is 0 Å². The summed E-state index contributed by atoms with van der Waals surface area (Å²) in [5.74, 6) is 0.0182. The van der Waals surface area contributed by atoms with Gasteiger partial charge in [-0.3, -0.25) is 4.79 Å². The Morgan fingerprint density at radius 3 is 2.23 bits per heavy atom. The Labute approximate surface area is 152 Å². The van der Waals surface area contributed by atoms with Crippen LogP contribution in [0.5, 0.6) is 0 Å². The summed E-state index contributed by atoms with van der Waals surface area (Å²) in [6.07, 6.45) is 2.40. The standard InChI is InChI=1S/C20H22FN3O2/c21-18-8-6-17(7-9-18)19(25)22-12-15-2-1-3-16(10-15)13-24-20(26)23-11-14-4-5-14/h1-3,6-10,14H,4-5,11-13H2,(H,22,25)(H2,23,24,26). The summed E-state index contributed by atoms with van der Waals surface area (Å²) in [5.41, 5.74) is 2.30. The first-order valence-corrected chi connectivity index (χ1v) is 8.73. The van der Waals surface area contributed by atoms with Crippen LogP contribution < -0.4 is 16.0 Å². The number of carbonyl (C=O) groups excluding carboxylic acids is 2. The molecule has 2 aromatic rings. The van der Waals surface area contributed by atoms with Crippen LogP contribution in [0.1, 0.15) is 34.3 Å². The van der Waals surface area contributed by atoms with Crippen LogP contribution in [0.2, 0.25) is 0 Å². The SMILES string of the molecule is O=C(NCc1cccc(CNC(=O)c2ccc(F)cc2)c1)NCC1CC1. The molecule has 0 aromatic heterocycles. The Bertz CT molecular complexity index is 773. The summed E-state index contributed by atoms with van der Waals surface area (Å²) in [6.45, 7) is 1.52. The lowest BCUT2D eigenvalue weighted by molar-refractivity contribution is 0.0951. The van der Waals surface area contributed by atoms with Crippen molar-refractivity contribution in [2.24, 2.45) is 5.92 Å². The van der Waals surface area contributed by atoms with Gasteiger partial charge in [-0.2, -0.15) is 0 Å². The van der Waals surface area contributed by atoms with Crippen LogP contribution in [0.15, 0.2) is 48.5 Å². The molecule has 1 saturated carbocycles. The zero-order chi connectivity index (χ0) is 18.4. The third-order valence-electron chi connectivity index (χ3n) is 4.25. The Morgan fingerprint density at radius 1 is 0.923 bits per heavy atom. The van der Waals surface area contributed by atoms with Crippen molar-refractivity contribution in [2.75, 3.05) is 6.54 Å². The highest BCUT2D eigenvalue weighted by molar-refractivity contribution is 5.94. The first kappa shape index (κ1) is 17.9. The lowest BCUT2D eigenvalue weighted by Gasteiger charge is -2.09. The Balaban J connectivity index is 1.46. The largest absolute Gasteiger partial charge is 0.348 e. The zero-order valence-corrected chi connectivity index (χ0v) is 14.4. The van der Waals surface area contributed by atoms with Gasteiger partial charge in [0, 0.05) is 25.2 Å². The van der Waals surface area contributed by atoms with E-state index in [9.17, 15) is 14.0 Å². The topological polar surface area (TPSA) is 70.2 Å². The zero-order valence-electron chi connectivity index (χ0n) is 14.4. The van der Waals surface area contributed by atoms with Crippen molar-refractivity contribution in [2.45, 2.75) is 25.9 Å². The van der Waals surface area contributed by atoms with Gasteiger partial charge in [-0.15, -0.1) is 0 Å².